The van der Waals surface area contributed by atoms with Gasteiger partial charge in [-0.1, -0.05) is 19.8 Å². The molecule has 4 amide bonds. The molecular formula is C11H16N2O3. The van der Waals surface area contributed by atoms with Crippen molar-refractivity contribution in [1.29, 1.82) is 0 Å². The maximum atomic E-state index is 11.3. The van der Waals surface area contributed by atoms with Gasteiger partial charge in [-0.05, 0) is 24.7 Å². The van der Waals surface area contributed by atoms with Gasteiger partial charge in [0.2, 0.25) is 0 Å². The summed E-state index contributed by atoms with van der Waals surface area (Å²) in [5.74, 6) is -0.407. The summed E-state index contributed by atoms with van der Waals surface area (Å²) in [6.45, 7) is 2.61. The van der Waals surface area contributed by atoms with Gasteiger partial charge in [0, 0.05) is 6.54 Å². The van der Waals surface area contributed by atoms with E-state index in [0.717, 1.165) is 36.5 Å². The van der Waals surface area contributed by atoms with Gasteiger partial charge in [-0.3, -0.25) is 19.8 Å². The number of nitrogens with zero attached hydrogens (tertiary/aromatic N) is 1. The average Bonchev–Trinajstić information content (AvgIpc) is 2.48. The second-order valence-electron chi connectivity index (χ2n) is 4.80. The highest BCUT2D eigenvalue weighted by atomic mass is 16.2. The fraction of sp³-hybridized carbons (Fsp3) is 0.727. The Kier molecular flexibility index (Phi) is 2.94. The van der Waals surface area contributed by atoms with Crippen LogP contribution in [0.3, 0.4) is 0 Å². The van der Waals surface area contributed by atoms with Gasteiger partial charge in [-0.2, -0.15) is 0 Å². The van der Waals surface area contributed by atoms with Crippen molar-refractivity contribution in [2.45, 2.75) is 32.6 Å². The zero-order valence-corrected chi connectivity index (χ0v) is 9.36. The molecule has 0 atom stereocenters. The molecule has 16 heavy (non-hydrogen) atoms. The number of imide groups is 2. The molecule has 0 aromatic rings. The highest BCUT2D eigenvalue weighted by molar-refractivity contribution is 6.44. The van der Waals surface area contributed by atoms with E-state index in [0.29, 0.717) is 12.5 Å². The minimum absolute atomic E-state index is 0.358. The van der Waals surface area contributed by atoms with E-state index in [2.05, 4.69) is 6.92 Å². The molecule has 1 aliphatic heterocycles. The summed E-state index contributed by atoms with van der Waals surface area (Å²) in [5, 5.41) is 2.01. The molecule has 0 aromatic carbocycles. The Bertz CT molecular complexity index is 332. The van der Waals surface area contributed by atoms with Crippen LogP contribution >= 0.6 is 0 Å². The van der Waals surface area contributed by atoms with Crippen LogP contribution in [0.4, 0.5) is 4.79 Å². The SMILES string of the molecule is CC1CCC(CN2C(=O)NC(=O)C2=O)CC1. The largest absolute Gasteiger partial charge is 0.331 e. The molecule has 1 saturated heterocycles. The molecule has 5 nitrogen and oxygen atoms in total. The van der Waals surface area contributed by atoms with Gasteiger partial charge in [0.1, 0.15) is 0 Å². The predicted octanol–water partition coefficient (Wildman–Crippen LogP) is 0.891. The molecule has 2 rings (SSSR count). The third-order valence-electron chi connectivity index (χ3n) is 3.48. The third-order valence-corrected chi connectivity index (χ3v) is 3.48. The maximum Gasteiger partial charge on any atom is 0.331 e. The Morgan fingerprint density at radius 3 is 2.31 bits per heavy atom. The number of hydrogen-bond donors (Lipinski definition) is 1. The lowest BCUT2D eigenvalue weighted by Gasteiger charge is -2.28. The summed E-state index contributed by atoms with van der Waals surface area (Å²) in [6.07, 6.45) is 4.35. The van der Waals surface area contributed by atoms with Gasteiger partial charge in [-0.15, -0.1) is 0 Å². The lowest BCUT2D eigenvalue weighted by molar-refractivity contribution is -0.140. The van der Waals surface area contributed by atoms with Crippen LogP contribution in [0.1, 0.15) is 32.6 Å². The minimum Gasteiger partial charge on any atom is -0.269 e. The molecule has 1 saturated carbocycles. The number of carbonyl (C=O) groups excluding carboxylic acids is 3. The van der Waals surface area contributed by atoms with Crippen LogP contribution < -0.4 is 5.32 Å². The number of rotatable bonds is 2. The second-order valence-corrected chi connectivity index (χ2v) is 4.80. The first-order valence-electron chi connectivity index (χ1n) is 5.74. The van der Waals surface area contributed by atoms with E-state index in [1.54, 1.807) is 0 Å². The second kappa shape index (κ2) is 4.23. The third kappa shape index (κ3) is 2.08. The quantitative estimate of drug-likeness (QED) is 0.559. The van der Waals surface area contributed by atoms with E-state index < -0.39 is 17.8 Å². The summed E-state index contributed by atoms with van der Waals surface area (Å²) >= 11 is 0. The van der Waals surface area contributed by atoms with Crippen LogP contribution in [0.25, 0.3) is 0 Å². The number of hydrogen-bond acceptors (Lipinski definition) is 3. The van der Waals surface area contributed by atoms with Gasteiger partial charge < -0.3 is 0 Å². The van der Waals surface area contributed by atoms with E-state index in [4.69, 9.17) is 0 Å². The summed E-state index contributed by atoms with van der Waals surface area (Å²) in [5.41, 5.74) is 0. The Morgan fingerprint density at radius 1 is 1.19 bits per heavy atom. The van der Waals surface area contributed by atoms with Crippen LogP contribution in [0.15, 0.2) is 0 Å². The zero-order chi connectivity index (χ0) is 11.7. The Balaban J connectivity index is 1.92. The van der Waals surface area contributed by atoms with Crippen molar-refractivity contribution >= 4 is 17.8 Å². The van der Waals surface area contributed by atoms with Crippen LogP contribution in [0.2, 0.25) is 0 Å². The number of nitrogens with one attached hydrogen (secondary N) is 1. The van der Waals surface area contributed by atoms with Crippen molar-refractivity contribution in [2.24, 2.45) is 11.8 Å². The molecule has 5 heteroatoms. The summed E-state index contributed by atoms with van der Waals surface area (Å²) < 4.78 is 0. The average molecular weight is 224 g/mol. The van der Waals surface area contributed by atoms with Crippen LogP contribution in [0, 0.1) is 11.8 Å². The van der Waals surface area contributed by atoms with Crippen LogP contribution in [-0.2, 0) is 9.59 Å². The number of amides is 4. The van der Waals surface area contributed by atoms with Crippen LogP contribution in [-0.4, -0.2) is 29.3 Å². The standard InChI is InChI=1S/C11H16N2O3/c1-7-2-4-8(5-3-7)6-13-10(15)9(14)12-11(13)16/h7-8H,2-6H2,1H3,(H,12,14,16). The summed E-state index contributed by atoms with van der Waals surface area (Å²) in [7, 11) is 0. The van der Waals surface area contributed by atoms with Crippen molar-refractivity contribution in [3.05, 3.63) is 0 Å². The summed E-state index contributed by atoms with van der Waals surface area (Å²) in [6, 6.07) is -0.561. The van der Waals surface area contributed by atoms with E-state index in [-0.39, 0.29) is 0 Å². The minimum atomic E-state index is -0.797. The molecular weight excluding hydrogens is 208 g/mol. The fourth-order valence-electron chi connectivity index (χ4n) is 2.37. The fourth-order valence-corrected chi connectivity index (χ4v) is 2.37. The first kappa shape index (κ1) is 11.1. The van der Waals surface area contributed by atoms with E-state index in [1.165, 1.54) is 0 Å². The van der Waals surface area contributed by atoms with Crippen LogP contribution in [0.5, 0.6) is 0 Å². The Morgan fingerprint density at radius 2 is 1.81 bits per heavy atom. The normalized spacial score (nSPS) is 30.8. The lowest BCUT2D eigenvalue weighted by atomic mass is 9.83. The maximum absolute atomic E-state index is 11.3. The molecule has 0 radical (unpaired) electrons. The molecule has 1 aliphatic carbocycles. The van der Waals surface area contributed by atoms with Gasteiger partial charge in [-0.25, -0.2) is 4.79 Å². The molecule has 0 spiro atoms. The Hall–Kier alpha value is -1.39. The summed E-state index contributed by atoms with van der Waals surface area (Å²) in [4.78, 5) is 34.7. The van der Waals surface area contributed by atoms with Crippen molar-refractivity contribution < 1.29 is 14.4 Å². The van der Waals surface area contributed by atoms with Crippen molar-refractivity contribution in [3.8, 4) is 0 Å². The molecule has 88 valence electrons. The van der Waals surface area contributed by atoms with Gasteiger partial charge >= 0.3 is 17.8 Å². The Labute approximate surface area is 94.2 Å². The topological polar surface area (TPSA) is 66.5 Å². The van der Waals surface area contributed by atoms with Gasteiger partial charge in [0.05, 0.1) is 0 Å². The monoisotopic (exact) mass is 224 g/mol. The first-order valence-corrected chi connectivity index (χ1v) is 5.74. The van der Waals surface area contributed by atoms with E-state index in [9.17, 15) is 14.4 Å². The predicted molar refractivity (Wildman–Crippen MR) is 56.4 cm³/mol. The smallest absolute Gasteiger partial charge is 0.269 e. The van der Waals surface area contributed by atoms with E-state index >= 15 is 0 Å². The molecule has 1 heterocycles. The van der Waals surface area contributed by atoms with Crippen molar-refractivity contribution in [2.75, 3.05) is 6.54 Å². The number of urea groups is 1. The van der Waals surface area contributed by atoms with Gasteiger partial charge in [0.15, 0.2) is 0 Å². The molecule has 0 bridgehead atoms. The zero-order valence-electron chi connectivity index (χ0n) is 9.36. The van der Waals surface area contributed by atoms with Crippen molar-refractivity contribution in [1.82, 2.24) is 10.2 Å². The molecule has 2 fully saturated rings. The van der Waals surface area contributed by atoms with E-state index in [1.807, 2.05) is 5.32 Å². The lowest BCUT2D eigenvalue weighted by Crippen LogP contribution is -2.36. The first-order chi connectivity index (χ1) is 7.58. The van der Waals surface area contributed by atoms with Gasteiger partial charge in [0.25, 0.3) is 0 Å². The van der Waals surface area contributed by atoms with Crippen molar-refractivity contribution in [3.63, 3.8) is 0 Å². The highest BCUT2D eigenvalue weighted by Crippen LogP contribution is 2.29. The highest BCUT2D eigenvalue weighted by Gasteiger charge is 2.38. The molecule has 0 unspecified atom stereocenters. The molecule has 2 aliphatic rings. The molecule has 1 N–H and O–H groups in total. The number of carbonyl (C=O) groups is 3. The molecule has 0 aromatic heterocycles.